The molecule has 8 nitrogen and oxygen atoms in total. The van der Waals surface area contributed by atoms with Gasteiger partial charge < -0.3 is 10.2 Å². The first-order valence-electron chi connectivity index (χ1n) is 5.47. The van der Waals surface area contributed by atoms with E-state index in [1.54, 1.807) is 6.20 Å². The molecule has 19 heavy (non-hydrogen) atoms. The molecule has 0 atom stereocenters. The van der Waals surface area contributed by atoms with Gasteiger partial charge in [-0.3, -0.25) is 10.1 Å². The van der Waals surface area contributed by atoms with Crippen molar-refractivity contribution in [2.24, 2.45) is 0 Å². The topological polar surface area (TPSA) is 110 Å². The van der Waals surface area contributed by atoms with E-state index < -0.39 is 4.92 Å². The van der Waals surface area contributed by atoms with Gasteiger partial charge in [0.05, 0.1) is 23.2 Å². The van der Waals surface area contributed by atoms with Crippen molar-refractivity contribution in [3.05, 3.63) is 52.4 Å². The molecule has 3 aromatic rings. The van der Waals surface area contributed by atoms with Gasteiger partial charge in [-0.1, -0.05) is 0 Å². The van der Waals surface area contributed by atoms with Gasteiger partial charge in [-0.2, -0.15) is 4.73 Å². The average molecular weight is 259 g/mol. The largest absolute Gasteiger partial charge is 0.427 e. The standard InChI is InChI=1S/C11H9N5O3/c17-15-10-4-8(16(18)19)1-2-9(10)14-11(15)3-7-5-12-6-13-7/h1-2,4-6,17H,3H2,(H,12,13). The van der Waals surface area contributed by atoms with E-state index in [9.17, 15) is 15.3 Å². The number of imidazole rings is 2. The molecule has 0 amide bonds. The summed E-state index contributed by atoms with van der Waals surface area (Å²) in [6, 6.07) is 4.16. The number of nitrogens with one attached hydrogen (secondary N) is 1. The molecule has 0 bridgehead atoms. The molecule has 0 aliphatic heterocycles. The third kappa shape index (κ3) is 1.88. The zero-order valence-corrected chi connectivity index (χ0v) is 9.65. The van der Waals surface area contributed by atoms with Gasteiger partial charge in [0.1, 0.15) is 5.52 Å². The monoisotopic (exact) mass is 259 g/mol. The summed E-state index contributed by atoms with van der Waals surface area (Å²) in [6.07, 6.45) is 3.52. The SMILES string of the molecule is O=[N+]([O-])c1ccc2nc(Cc3cnc[nH]3)n(O)c2c1. The molecule has 8 heteroatoms. The highest BCUT2D eigenvalue weighted by Crippen LogP contribution is 2.21. The smallest absolute Gasteiger partial charge is 0.271 e. The highest BCUT2D eigenvalue weighted by atomic mass is 16.6. The van der Waals surface area contributed by atoms with E-state index >= 15 is 0 Å². The maximum absolute atomic E-state index is 10.7. The Kier molecular flexibility index (Phi) is 2.41. The van der Waals surface area contributed by atoms with Gasteiger partial charge in [-0.05, 0) is 6.07 Å². The first-order chi connectivity index (χ1) is 9.15. The summed E-state index contributed by atoms with van der Waals surface area (Å²) in [7, 11) is 0. The van der Waals surface area contributed by atoms with Crippen LogP contribution in [0, 0.1) is 10.1 Å². The minimum atomic E-state index is -0.513. The molecule has 0 radical (unpaired) electrons. The molecule has 0 unspecified atom stereocenters. The van der Waals surface area contributed by atoms with E-state index in [0.717, 1.165) is 10.4 Å². The van der Waals surface area contributed by atoms with Crippen LogP contribution >= 0.6 is 0 Å². The molecule has 0 aliphatic carbocycles. The number of benzene rings is 1. The van der Waals surface area contributed by atoms with Crippen LogP contribution in [0.1, 0.15) is 11.5 Å². The molecule has 2 heterocycles. The number of aromatic amines is 1. The lowest BCUT2D eigenvalue weighted by Crippen LogP contribution is -2.00. The number of nitro benzene ring substituents is 1. The minimum absolute atomic E-state index is 0.0872. The van der Waals surface area contributed by atoms with Crippen molar-refractivity contribution in [1.29, 1.82) is 0 Å². The van der Waals surface area contributed by atoms with Crippen molar-refractivity contribution in [2.45, 2.75) is 6.42 Å². The van der Waals surface area contributed by atoms with Gasteiger partial charge in [0, 0.05) is 24.0 Å². The summed E-state index contributed by atoms with van der Waals surface area (Å²) in [5, 5.41) is 20.7. The van der Waals surface area contributed by atoms with Crippen molar-refractivity contribution in [1.82, 2.24) is 19.7 Å². The van der Waals surface area contributed by atoms with Crippen molar-refractivity contribution in [3.8, 4) is 0 Å². The molecule has 2 N–H and O–H groups in total. The van der Waals surface area contributed by atoms with Gasteiger partial charge in [0.2, 0.25) is 0 Å². The summed E-state index contributed by atoms with van der Waals surface area (Å²) in [5.74, 6) is 0.389. The van der Waals surface area contributed by atoms with Crippen molar-refractivity contribution in [3.63, 3.8) is 0 Å². The van der Waals surface area contributed by atoms with Gasteiger partial charge in [-0.25, -0.2) is 9.97 Å². The molecule has 0 fully saturated rings. The number of non-ortho nitro benzene ring substituents is 1. The predicted molar refractivity (Wildman–Crippen MR) is 65.0 cm³/mol. The number of fused-ring (bicyclic) bond motifs is 1. The summed E-state index contributed by atoms with van der Waals surface area (Å²) in [4.78, 5) is 21.2. The molecule has 0 aliphatic rings. The van der Waals surface area contributed by atoms with Crippen LogP contribution in [0.3, 0.4) is 0 Å². The van der Waals surface area contributed by atoms with E-state index in [1.165, 1.54) is 24.5 Å². The highest BCUT2D eigenvalue weighted by molar-refractivity contribution is 5.78. The summed E-state index contributed by atoms with van der Waals surface area (Å²) in [5.41, 5.74) is 1.52. The van der Waals surface area contributed by atoms with Gasteiger partial charge >= 0.3 is 0 Å². The van der Waals surface area contributed by atoms with Gasteiger partial charge in [-0.15, -0.1) is 0 Å². The third-order valence-electron chi connectivity index (χ3n) is 2.80. The van der Waals surface area contributed by atoms with Crippen LogP contribution in [-0.2, 0) is 6.42 Å². The molecule has 96 valence electrons. The summed E-state index contributed by atoms with van der Waals surface area (Å²) in [6.45, 7) is 0. The normalized spacial score (nSPS) is 10.9. The summed E-state index contributed by atoms with van der Waals surface area (Å²) >= 11 is 0. The Morgan fingerprint density at radius 2 is 2.32 bits per heavy atom. The lowest BCUT2D eigenvalue weighted by Gasteiger charge is -1.98. The van der Waals surface area contributed by atoms with Crippen LogP contribution in [0.25, 0.3) is 11.0 Å². The van der Waals surface area contributed by atoms with Crippen molar-refractivity contribution < 1.29 is 10.1 Å². The van der Waals surface area contributed by atoms with Gasteiger partial charge in [0.15, 0.2) is 5.82 Å². The van der Waals surface area contributed by atoms with E-state index in [1.807, 2.05) is 0 Å². The number of aromatic nitrogens is 4. The molecular formula is C11H9N5O3. The second kappa shape index (κ2) is 4.09. The highest BCUT2D eigenvalue weighted by Gasteiger charge is 2.14. The Morgan fingerprint density at radius 3 is 3.00 bits per heavy atom. The molecule has 1 aromatic carbocycles. The Labute approximate surface area is 106 Å². The Bertz CT molecular complexity index is 747. The second-order valence-corrected chi connectivity index (χ2v) is 4.02. The Balaban J connectivity index is 2.07. The van der Waals surface area contributed by atoms with E-state index in [2.05, 4.69) is 15.0 Å². The number of nitro groups is 1. The molecule has 0 saturated carbocycles. The molecule has 3 rings (SSSR count). The van der Waals surface area contributed by atoms with Gasteiger partial charge in [0.25, 0.3) is 5.69 Å². The molecule has 0 saturated heterocycles. The van der Waals surface area contributed by atoms with Crippen LogP contribution in [0.15, 0.2) is 30.7 Å². The zero-order chi connectivity index (χ0) is 13.4. The predicted octanol–water partition coefficient (Wildman–Crippen LogP) is 1.50. The number of hydrogen-bond donors (Lipinski definition) is 2. The van der Waals surface area contributed by atoms with E-state index in [-0.39, 0.29) is 5.69 Å². The lowest BCUT2D eigenvalue weighted by atomic mass is 10.3. The number of hydrogen-bond acceptors (Lipinski definition) is 5. The van der Waals surface area contributed by atoms with Crippen LogP contribution in [-0.4, -0.2) is 29.8 Å². The third-order valence-corrected chi connectivity index (χ3v) is 2.80. The van der Waals surface area contributed by atoms with E-state index in [4.69, 9.17) is 0 Å². The van der Waals surface area contributed by atoms with E-state index in [0.29, 0.717) is 23.3 Å². The van der Waals surface area contributed by atoms with Crippen LogP contribution in [0.4, 0.5) is 5.69 Å². The number of rotatable bonds is 3. The number of H-pyrrole nitrogens is 1. The Hall–Kier alpha value is -2.90. The fourth-order valence-electron chi connectivity index (χ4n) is 1.88. The Morgan fingerprint density at radius 1 is 1.47 bits per heavy atom. The quantitative estimate of drug-likeness (QED) is 0.420. The fourth-order valence-corrected chi connectivity index (χ4v) is 1.88. The van der Waals surface area contributed by atoms with Crippen LogP contribution in [0.5, 0.6) is 0 Å². The lowest BCUT2D eigenvalue weighted by molar-refractivity contribution is -0.384. The van der Waals surface area contributed by atoms with Crippen molar-refractivity contribution in [2.75, 3.05) is 0 Å². The van der Waals surface area contributed by atoms with Crippen LogP contribution in [0.2, 0.25) is 0 Å². The maximum atomic E-state index is 10.7. The fraction of sp³-hybridized carbons (Fsp3) is 0.0909. The zero-order valence-electron chi connectivity index (χ0n) is 9.65. The van der Waals surface area contributed by atoms with Crippen LogP contribution < -0.4 is 0 Å². The first-order valence-corrected chi connectivity index (χ1v) is 5.47. The molecule has 0 spiro atoms. The summed E-state index contributed by atoms with van der Waals surface area (Å²) < 4.78 is 0.864. The average Bonchev–Trinajstić information content (AvgIpc) is 2.99. The molecular weight excluding hydrogens is 250 g/mol. The first kappa shape index (κ1) is 11.2. The second-order valence-electron chi connectivity index (χ2n) is 4.02. The van der Waals surface area contributed by atoms with Crippen molar-refractivity contribution >= 4 is 16.7 Å². The maximum Gasteiger partial charge on any atom is 0.271 e. The molecule has 2 aromatic heterocycles. The minimum Gasteiger partial charge on any atom is -0.427 e. The number of nitrogens with zero attached hydrogens (tertiary/aromatic N) is 4.